The van der Waals surface area contributed by atoms with E-state index in [0.29, 0.717) is 17.8 Å². The van der Waals surface area contributed by atoms with Crippen LogP contribution >= 0.6 is 0 Å². The zero-order chi connectivity index (χ0) is 18.4. The Kier molecular flexibility index (Phi) is 6.34. The van der Waals surface area contributed by atoms with Gasteiger partial charge in [-0.1, -0.05) is 38.1 Å². The molecule has 0 unspecified atom stereocenters. The zero-order valence-electron chi connectivity index (χ0n) is 15.9. The lowest BCUT2D eigenvalue weighted by Crippen LogP contribution is -2.12. The third kappa shape index (κ3) is 4.88. The van der Waals surface area contributed by atoms with Gasteiger partial charge in [0.2, 0.25) is 0 Å². The minimum absolute atomic E-state index is 0.637. The van der Waals surface area contributed by atoms with Gasteiger partial charge in [0.15, 0.2) is 0 Å². The van der Waals surface area contributed by atoms with E-state index in [1.165, 1.54) is 36.8 Å². The molecule has 0 heterocycles. The van der Waals surface area contributed by atoms with Crippen molar-refractivity contribution in [3.05, 3.63) is 65.2 Å². The van der Waals surface area contributed by atoms with E-state index in [0.717, 1.165) is 24.3 Å². The highest BCUT2D eigenvalue weighted by Gasteiger charge is 2.23. The van der Waals surface area contributed by atoms with Crippen LogP contribution in [0.25, 0.3) is 0 Å². The Morgan fingerprint density at radius 2 is 1.38 bits per heavy atom. The lowest BCUT2D eigenvalue weighted by Gasteiger charge is -2.29. The third-order valence-electron chi connectivity index (χ3n) is 5.55. The van der Waals surface area contributed by atoms with Crippen molar-refractivity contribution in [2.75, 3.05) is 6.61 Å². The summed E-state index contributed by atoms with van der Waals surface area (Å²) in [5.74, 6) is 2.97. The van der Waals surface area contributed by atoms with Crippen molar-refractivity contribution in [3.63, 3.8) is 0 Å². The molecule has 0 N–H and O–H groups in total. The molecule has 0 saturated heterocycles. The van der Waals surface area contributed by atoms with Crippen LogP contribution in [0.3, 0.4) is 0 Å². The highest BCUT2D eigenvalue weighted by atomic mass is 16.5. The van der Waals surface area contributed by atoms with Gasteiger partial charge in [0, 0.05) is 0 Å². The van der Waals surface area contributed by atoms with Gasteiger partial charge in [0.05, 0.1) is 18.2 Å². The molecular formula is C24H29NO. The smallest absolute Gasteiger partial charge is 0.119 e. The van der Waals surface area contributed by atoms with E-state index in [1.54, 1.807) is 0 Å². The second-order valence-electron chi connectivity index (χ2n) is 7.88. The van der Waals surface area contributed by atoms with Crippen molar-refractivity contribution in [1.82, 2.24) is 0 Å². The Morgan fingerprint density at radius 1 is 0.885 bits per heavy atom. The molecule has 3 rings (SSSR count). The molecule has 2 aromatic carbocycles. The van der Waals surface area contributed by atoms with Crippen LogP contribution < -0.4 is 4.74 Å². The summed E-state index contributed by atoms with van der Waals surface area (Å²) in [6.45, 7) is 5.24. The Bertz CT molecular complexity index is 716. The molecule has 2 heteroatoms. The molecule has 0 spiro atoms. The lowest BCUT2D eigenvalue weighted by atomic mass is 9.76. The second kappa shape index (κ2) is 8.90. The summed E-state index contributed by atoms with van der Waals surface area (Å²) < 4.78 is 5.83. The van der Waals surface area contributed by atoms with Gasteiger partial charge < -0.3 is 4.74 Å². The SMILES string of the molecule is CC(C)CCOc1ccc(C2CCC(c3ccc(C#N)cc3)CC2)cc1. The molecule has 1 aliphatic carbocycles. The molecule has 0 bridgehead atoms. The van der Waals surface area contributed by atoms with Crippen molar-refractivity contribution in [2.45, 2.75) is 57.8 Å². The topological polar surface area (TPSA) is 33.0 Å². The fraction of sp³-hybridized carbons (Fsp3) is 0.458. The third-order valence-corrected chi connectivity index (χ3v) is 5.55. The summed E-state index contributed by atoms with van der Waals surface area (Å²) in [6.07, 6.45) is 6.02. The Labute approximate surface area is 157 Å². The normalized spacial score (nSPS) is 19.9. The predicted molar refractivity (Wildman–Crippen MR) is 106 cm³/mol. The minimum Gasteiger partial charge on any atom is -0.494 e. The average molecular weight is 348 g/mol. The molecule has 2 aromatic rings. The highest BCUT2D eigenvalue weighted by molar-refractivity contribution is 5.34. The summed E-state index contributed by atoms with van der Waals surface area (Å²) in [6, 6.07) is 19.1. The fourth-order valence-corrected chi connectivity index (χ4v) is 3.84. The molecule has 0 amide bonds. The predicted octanol–water partition coefficient (Wildman–Crippen LogP) is 6.42. The number of ether oxygens (including phenoxy) is 1. The number of hydrogen-bond donors (Lipinski definition) is 0. The molecule has 0 atom stereocenters. The zero-order valence-corrected chi connectivity index (χ0v) is 15.9. The van der Waals surface area contributed by atoms with Crippen molar-refractivity contribution < 1.29 is 4.74 Å². The van der Waals surface area contributed by atoms with E-state index in [1.807, 2.05) is 12.1 Å². The Morgan fingerprint density at radius 3 is 1.85 bits per heavy atom. The van der Waals surface area contributed by atoms with Gasteiger partial charge in [-0.3, -0.25) is 0 Å². The molecule has 136 valence electrons. The summed E-state index contributed by atoms with van der Waals surface area (Å²) in [7, 11) is 0. The van der Waals surface area contributed by atoms with Crippen LogP contribution in [0, 0.1) is 17.2 Å². The van der Waals surface area contributed by atoms with Gasteiger partial charge in [0.1, 0.15) is 5.75 Å². The maximum Gasteiger partial charge on any atom is 0.119 e. The van der Waals surface area contributed by atoms with Gasteiger partial charge in [-0.05, 0) is 85.3 Å². The van der Waals surface area contributed by atoms with Gasteiger partial charge >= 0.3 is 0 Å². The fourth-order valence-electron chi connectivity index (χ4n) is 3.84. The van der Waals surface area contributed by atoms with Gasteiger partial charge in [-0.25, -0.2) is 0 Å². The number of nitrogens with zero attached hydrogens (tertiary/aromatic N) is 1. The van der Waals surface area contributed by atoms with Gasteiger partial charge in [-0.15, -0.1) is 0 Å². The second-order valence-corrected chi connectivity index (χ2v) is 7.88. The quantitative estimate of drug-likeness (QED) is 0.603. The maximum atomic E-state index is 8.93. The van der Waals surface area contributed by atoms with Gasteiger partial charge in [-0.2, -0.15) is 5.26 Å². The Balaban J connectivity index is 1.52. The first kappa shape index (κ1) is 18.5. The molecular weight excluding hydrogens is 318 g/mol. The monoisotopic (exact) mass is 347 g/mol. The first-order valence-corrected chi connectivity index (χ1v) is 9.88. The van der Waals surface area contributed by atoms with Crippen LogP contribution in [0.15, 0.2) is 48.5 Å². The summed E-state index contributed by atoms with van der Waals surface area (Å²) in [5, 5.41) is 8.93. The average Bonchev–Trinajstić information content (AvgIpc) is 2.68. The van der Waals surface area contributed by atoms with Crippen molar-refractivity contribution >= 4 is 0 Å². The molecule has 1 saturated carbocycles. The van der Waals surface area contributed by atoms with Crippen LogP contribution in [-0.4, -0.2) is 6.61 Å². The van der Waals surface area contributed by atoms with Crippen LogP contribution in [0.5, 0.6) is 5.75 Å². The highest BCUT2D eigenvalue weighted by Crippen LogP contribution is 2.40. The summed E-state index contributed by atoms with van der Waals surface area (Å²) in [4.78, 5) is 0. The number of rotatable bonds is 6. The summed E-state index contributed by atoms with van der Waals surface area (Å²) >= 11 is 0. The van der Waals surface area contributed by atoms with E-state index in [4.69, 9.17) is 10.00 Å². The maximum absolute atomic E-state index is 8.93. The molecule has 2 nitrogen and oxygen atoms in total. The Hall–Kier alpha value is -2.27. The number of hydrogen-bond acceptors (Lipinski definition) is 2. The van der Waals surface area contributed by atoms with Crippen LogP contribution in [0.2, 0.25) is 0 Å². The molecule has 1 fully saturated rings. The molecule has 0 aliphatic heterocycles. The largest absolute Gasteiger partial charge is 0.494 e. The first-order valence-electron chi connectivity index (χ1n) is 9.88. The molecule has 1 aliphatic rings. The van der Waals surface area contributed by atoms with E-state index < -0.39 is 0 Å². The van der Waals surface area contributed by atoms with Gasteiger partial charge in [0.25, 0.3) is 0 Å². The molecule has 26 heavy (non-hydrogen) atoms. The summed E-state index contributed by atoms with van der Waals surface area (Å²) in [5.41, 5.74) is 3.58. The number of nitriles is 1. The van der Waals surface area contributed by atoms with E-state index in [-0.39, 0.29) is 0 Å². The molecule has 0 radical (unpaired) electrons. The number of benzene rings is 2. The van der Waals surface area contributed by atoms with Crippen molar-refractivity contribution in [2.24, 2.45) is 5.92 Å². The molecule has 0 aromatic heterocycles. The van der Waals surface area contributed by atoms with Crippen LogP contribution in [0.1, 0.15) is 74.5 Å². The van der Waals surface area contributed by atoms with Crippen molar-refractivity contribution in [1.29, 1.82) is 5.26 Å². The minimum atomic E-state index is 0.637. The van der Waals surface area contributed by atoms with E-state index >= 15 is 0 Å². The first-order chi connectivity index (χ1) is 12.7. The van der Waals surface area contributed by atoms with Crippen LogP contribution in [0.4, 0.5) is 0 Å². The van der Waals surface area contributed by atoms with Crippen molar-refractivity contribution in [3.8, 4) is 11.8 Å². The van der Waals surface area contributed by atoms with E-state index in [2.05, 4.69) is 56.3 Å². The standard InChI is InChI=1S/C24H29NO/c1-18(2)15-16-26-24-13-11-23(12-14-24)22-9-7-21(8-10-22)20-5-3-19(17-25)4-6-20/h3-6,11-14,18,21-22H,7-10,15-16H2,1-2H3. The lowest BCUT2D eigenvalue weighted by molar-refractivity contribution is 0.289. The van der Waals surface area contributed by atoms with E-state index in [9.17, 15) is 0 Å². The van der Waals surface area contributed by atoms with Crippen LogP contribution in [-0.2, 0) is 0 Å².